The first-order valence-electron chi connectivity index (χ1n) is 5.39. The standard InChI is InChI=1S/C14H13NOS/c1-10(15-9-17)11-3-4-13-8-14(16-2)6-5-12(13)7-11/h3-8,10H,1-2H3/t10-/m0/s1. The molecular formula is C14H13NOS. The average molecular weight is 243 g/mol. The van der Waals surface area contributed by atoms with Crippen LogP contribution in [0.25, 0.3) is 10.8 Å². The van der Waals surface area contributed by atoms with E-state index in [1.165, 1.54) is 5.39 Å². The first-order chi connectivity index (χ1) is 8.24. The molecule has 2 aromatic carbocycles. The van der Waals surface area contributed by atoms with E-state index in [1.807, 2.05) is 25.1 Å². The fourth-order valence-corrected chi connectivity index (χ4v) is 1.94. The van der Waals surface area contributed by atoms with Gasteiger partial charge in [-0.25, -0.2) is 4.99 Å². The summed E-state index contributed by atoms with van der Waals surface area (Å²) in [5.74, 6) is 0.871. The summed E-state index contributed by atoms with van der Waals surface area (Å²) in [4.78, 5) is 4.08. The van der Waals surface area contributed by atoms with E-state index in [9.17, 15) is 0 Å². The Morgan fingerprint density at radius 2 is 1.88 bits per heavy atom. The summed E-state index contributed by atoms with van der Waals surface area (Å²) < 4.78 is 5.20. The van der Waals surface area contributed by atoms with Crippen LogP contribution < -0.4 is 4.74 Å². The lowest BCUT2D eigenvalue weighted by molar-refractivity contribution is 0.415. The Labute approximate surface area is 106 Å². The third kappa shape index (κ3) is 2.52. The highest BCUT2D eigenvalue weighted by Gasteiger charge is 2.04. The Morgan fingerprint density at radius 1 is 1.18 bits per heavy atom. The highest BCUT2D eigenvalue weighted by Crippen LogP contribution is 2.25. The van der Waals surface area contributed by atoms with Gasteiger partial charge in [-0.2, -0.15) is 0 Å². The Kier molecular flexibility index (Phi) is 3.52. The first kappa shape index (κ1) is 11.8. The lowest BCUT2D eigenvalue weighted by Crippen LogP contribution is -1.89. The van der Waals surface area contributed by atoms with Crippen LogP contribution in [-0.2, 0) is 0 Å². The zero-order chi connectivity index (χ0) is 12.3. The van der Waals surface area contributed by atoms with Crippen LogP contribution in [0.15, 0.2) is 41.4 Å². The van der Waals surface area contributed by atoms with Gasteiger partial charge < -0.3 is 4.74 Å². The molecule has 0 unspecified atom stereocenters. The van der Waals surface area contributed by atoms with Crippen molar-refractivity contribution in [2.45, 2.75) is 13.0 Å². The Bertz CT molecular complexity index is 588. The van der Waals surface area contributed by atoms with Crippen LogP contribution in [0.3, 0.4) is 0 Å². The molecule has 0 aliphatic carbocycles. The third-order valence-electron chi connectivity index (χ3n) is 2.80. The van der Waals surface area contributed by atoms with Gasteiger partial charge in [-0.05, 0) is 53.7 Å². The van der Waals surface area contributed by atoms with E-state index in [1.54, 1.807) is 7.11 Å². The van der Waals surface area contributed by atoms with Crippen molar-refractivity contribution < 1.29 is 4.74 Å². The monoisotopic (exact) mass is 243 g/mol. The summed E-state index contributed by atoms with van der Waals surface area (Å²) in [7, 11) is 1.67. The Morgan fingerprint density at radius 3 is 2.59 bits per heavy atom. The molecule has 0 spiro atoms. The van der Waals surface area contributed by atoms with E-state index in [-0.39, 0.29) is 6.04 Å². The van der Waals surface area contributed by atoms with Gasteiger partial charge in [0, 0.05) is 0 Å². The number of hydrogen-bond acceptors (Lipinski definition) is 3. The van der Waals surface area contributed by atoms with E-state index in [0.717, 1.165) is 16.7 Å². The van der Waals surface area contributed by atoms with Gasteiger partial charge in [-0.15, -0.1) is 0 Å². The van der Waals surface area contributed by atoms with Crippen molar-refractivity contribution in [2.24, 2.45) is 4.99 Å². The minimum atomic E-state index is 0.0546. The lowest BCUT2D eigenvalue weighted by Gasteiger charge is -2.07. The number of benzene rings is 2. The summed E-state index contributed by atoms with van der Waals surface area (Å²) in [5.41, 5.74) is 1.14. The number of hydrogen-bond donors (Lipinski definition) is 0. The van der Waals surface area contributed by atoms with E-state index in [2.05, 4.69) is 40.6 Å². The third-order valence-corrected chi connectivity index (χ3v) is 2.91. The summed E-state index contributed by atoms with van der Waals surface area (Å²) in [6.07, 6.45) is 0. The molecule has 0 aromatic heterocycles. The van der Waals surface area contributed by atoms with Crippen LogP contribution >= 0.6 is 12.2 Å². The molecule has 0 aliphatic rings. The van der Waals surface area contributed by atoms with Gasteiger partial charge in [0.15, 0.2) is 0 Å². The van der Waals surface area contributed by atoms with Crippen LogP contribution in [-0.4, -0.2) is 12.3 Å². The maximum atomic E-state index is 5.20. The molecule has 0 fully saturated rings. The van der Waals surface area contributed by atoms with Crippen molar-refractivity contribution in [3.05, 3.63) is 42.0 Å². The number of methoxy groups -OCH3 is 1. The van der Waals surface area contributed by atoms with Crippen LogP contribution in [0.5, 0.6) is 5.75 Å². The minimum absolute atomic E-state index is 0.0546. The number of nitrogens with zero attached hydrogens (tertiary/aromatic N) is 1. The molecule has 0 heterocycles. The van der Waals surface area contributed by atoms with E-state index < -0.39 is 0 Å². The molecule has 0 saturated heterocycles. The number of isothiocyanates is 1. The van der Waals surface area contributed by atoms with Gasteiger partial charge in [0.05, 0.1) is 18.3 Å². The Balaban J connectivity index is 2.48. The molecule has 0 N–H and O–H groups in total. The molecule has 1 atom stereocenters. The van der Waals surface area contributed by atoms with Crippen LogP contribution in [0, 0.1) is 0 Å². The maximum absolute atomic E-state index is 5.20. The van der Waals surface area contributed by atoms with Gasteiger partial charge >= 0.3 is 0 Å². The minimum Gasteiger partial charge on any atom is -0.497 e. The van der Waals surface area contributed by atoms with Crippen LogP contribution in [0.1, 0.15) is 18.5 Å². The van der Waals surface area contributed by atoms with Crippen molar-refractivity contribution in [1.29, 1.82) is 0 Å². The Hall–Kier alpha value is -1.70. The molecule has 2 rings (SSSR count). The largest absolute Gasteiger partial charge is 0.497 e. The zero-order valence-corrected chi connectivity index (χ0v) is 10.6. The van der Waals surface area contributed by atoms with E-state index in [4.69, 9.17) is 4.74 Å². The fraction of sp³-hybridized carbons (Fsp3) is 0.214. The zero-order valence-electron chi connectivity index (χ0n) is 9.81. The van der Waals surface area contributed by atoms with Crippen molar-refractivity contribution in [1.82, 2.24) is 0 Å². The highest BCUT2D eigenvalue weighted by atomic mass is 32.1. The molecule has 0 radical (unpaired) electrons. The molecule has 0 aliphatic heterocycles. The quantitative estimate of drug-likeness (QED) is 0.600. The second-order valence-corrected chi connectivity index (χ2v) is 4.05. The topological polar surface area (TPSA) is 21.6 Å². The summed E-state index contributed by atoms with van der Waals surface area (Å²) in [5, 5.41) is 4.76. The molecule has 86 valence electrons. The molecule has 0 amide bonds. The SMILES string of the molecule is COc1ccc2cc([C@H](C)N=C=S)ccc2c1. The predicted molar refractivity (Wildman–Crippen MR) is 73.9 cm³/mol. The first-order valence-corrected chi connectivity index (χ1v) is 5.80. The second-order valence-electron chi connectivity index (χ2n) is 3.87. The molecular weight excluding hydrogens is 230 g/mol. The number of rotatable bonds is 3. The number of ether oxygens (including phenoxy) is 1. The summed E-state index contributed by atoms with van der Waals surface area (Å²) >= 11 is 4.62. The van der Waals surface area contributed by atoms with Gasteiger partial charge in [0.1, 0.15) is 5.75 Å². The molecule has 0 saturated carbocycles. The van der Waals surface area contributed by atoms with Gasteiger partial charge in [-0.3, -0.25) is 0 Å². The second kappa shape index (κ2) is 5.09. The van der Waals surface area contributed by atoms with Crippen molar-refractivity contribution in [2.75, 3.05) is 7.11 Å². The van der Waals surface area contributed by atoms with Crippen LogP contribution in [0.4, 0.5) is 0 Å². The molecule has 17 heavy (non-hydrogen) atoms. The fourth-order valence-electron chi connectivity index (χ4n) is 1.78. The summed E-state index contributed by atoms with van der Waals surface area (Å²) in [6, 6.07) is 12.3. The lowest BCUT2D eigenvalue weighted by atomic mass is 10.0. The number of aliphatic imine (C=N–C) groups is 1. The predicted octanol–water partition coefficient (Wildman–Crippen LogP) is 4.01. The van der Waals surface area contributed by atoms with Crippen molar-refractivity contribution >= 4 is 28.2 Å². The average Bonchev–Trinajstić information content (AvgIpc) is 2.37. The van der Waals surface area contributed by atoms with E-state index in [0.29, 0.717) is 0 Å². The molecule has 0 bridgehead atoms. The van der Waals surface area contributed by atoms with Crippen molar-refractivity contribution in [3.8, 4) is 5.75 Å². The van der Waals surface area contributed by atoms with Gasteiger partial charge in [0.2, 0.25) is 0 Å². The molecule has 2 nitrogen and oxygen atoms in total. The molecule has 3 heteroatoms. The van der Waals surface area contributed by atoms with Crippen LogP contribution in [0.2, 0.25) is 0 Å². The van der Waals surface area contributed by atoms with E-state index >= 15 is 0 Å². The normalized spacial score (nSPS) is 11.9. The molecule has 2 aromatic rings. The van der Waals surface area contributed by atoms with Crippen molar-refractivity contribution in [3.63, 3.8) is 0 Å². The number of thiocarbonyl (C=S) groups is 1. The van der Waals surface area contributed by atoms with Gasteiger partial charge in [0.25, 0.3) is 0 Å². The maximum Gasteiger partial charge on any atom is 0.119 e. The van der Waals surface area contributed by atoms with Gasteiger partial charge in [-0.1, -0.05) is 18.2 Å². The number of fused-ring (bicyclic) bond motifs is 1. The summed E-state index contributed by atoms with van der Waals surface area (Å²) in [6.45, 7) is 2.00. The smallest absolute Gasteiger partial charge is 0.119 e. The highest BCUT2D eigenvalue weighted by molar-refractivity contribution is 7.78.